The van der Waals surface area contributed by atoms with E-state index in [1.54, 1.807) is 0 Å². The number of fused-ring (bicyclic) bond motifs is 1. The highest BCUT2D eigenvalue weighted by Gasteiger charge is 2.35. The van der Waals surface area contributed by atoms with E-state index in [0.717, 1.165) is 31.4 Å². The molecule has 0 saturated carbocycles. The quantitative estimate of drug-likeness (QED) is 0.700. The second kappa shape index (κ2) is 8.69. The zero-order valence-corrected chi connectivity index (χ0v) is 17.1. The first-order valence-corrected chi connectivity index (χ1v) is 10.6. The number of hydrogen-bond donors (Lipinski definition) is 3. The molecule has 3 heterocycles. The molecule has 2 atom stereocenters. The highest BCUT2D eigenvalue weighted by molar-refractivity contribution is 6.00. The third kappa shape index (κ3) is 4.22. The van der Waals surface area contributed by atoms with Crippen molar-refractivity contribution in [2.45, 2.75) is 51.0 Å². The van der Waals surface area contributed by atoms with Gasteiger partial charge in [-0.1, -0.05) is 30.3 Å². The lowest BCUT2D eigenvalue weighted by Crippen LogP contribution is -2.42. The highest BCUT2D eigenvalue weighted by atomic mass is 16.2. The van der Waals surface area contributed by atoms with Gasteiger partial charge < -0.3 is 15.5 Å². The fraction of sp³-hybridized carbons (Fsp3) is 0.455. The van der Waals surface area contributed by atoms with Crippen LogP contribution in [0.3, 0.4) is 0 Å². The SMILES string of the molecule is C[C@H]1CCCCN1c1nc2c(c(=O)[nH]1)[C@H](C(=O)NCCc1ccccc1)CC(=O)N2. The van der Waals surface area contributed by atoms with E-state index >= 15 is 0 Å². The van der Waals surface area contributed by atoms with E-state index in [-0.39, 0.29) is 41.2 Å². The van der Waals surface area contributed by atoms with Crippen molar-refractivity contribution in [3.63, 3.8) is 0 Å². The van der Waals surface area contributed by atoms with Crippen molar-refractivity contribution in [1.82, 2.24) is 15.3 Å². The number of hydrogen-bond acceptors (Lipinski definition) is 5. The van der Waals surface area contributed by atoms with Crippen LogP contribution in [0.5, 0.6) is 0 Å². The molecule has 1 aromatic heterocycles. The lowest BCUT2D eigenvalue weighted by atomic mass is 9.92. The van der Waals surface area contributed by atoms with Gasteiger partial charge in [-0.3, -0.25) is 19.4 Å². The van der Waals surface area contributed by atoms with E-state index in [9.17, 15) is 14.4 Å². The molecule has 30 heavy (non-hydrogen) atoms. The lowest BCUT2D eigenvalue weighted by Gasteiger charge is -2.34. The Morgan fingerprint density at radius 3 is 2.80 bits per heavy atom. The van der Waals surface area contributed by atoms with Crippen molar-refractivity contribution in [2.75, 3.05) is 23.3 Å². The number of rotatable bonds is 5. The third-order valence-electron chi connectivity index (χ3n) is 5.89. The minimum absolute atomic E-state index is 0.0611. The average molecular weight is 409 g/mol. The second-order valence-electron chi connectivity index (χ2n) is 8.02. The molecule has 0 unspecified atom stereocenters. The van der Waals surface area contributed by atoms with Crippen LogP contribution >= 0.6 is 0 Å². The molecule has 0 aliphatic carbocycles. The van der Waals surface area contributed by atoms with Crippen molar-refractivity contribution in [3.05, 3.63) is 51.8 Å². The van der Waals surface area contributed by atoms with E-state index in [2.05, 4.69) is 32.4 Å². The van der Waals surface area contributed by atoms with Crippen LogP contribution in [0.4, 0.5) is 11.8 Å². The molecule has 1 saturated heterocycles. The minimum Gasteiger partial charge on any atom is -0.355 e. The molecule has 2 aliphatic rings. The molecular weight excluding hydrogens is 382 g/mol. The number of carbonyl (C=O) groups is 2. The molecule has 4 rings (SSSR count). The summed E-state index contributed by atoms with van der Waals surface area (Å²) >= 11 is 0. The molecular formula is C22H27N5O3. The smallest absolute Gasteiger partial charge is 0.258 e. The highest BCUT2D eigenvalue weighted by Crippen LogP contribution is 2.30. The van der Waals surface area contributed by atoms with Crippen molar-refractivity contribution in [3.8, 4) is 0 Å². The summed E-state index contributed by atoms with van der Waals surface area (Å²) < 4.78 is 0. The number of anilines is 2. The first kappa shape index (κ1) is 20.1. The maximum Gasteiger partial charge on any atom is 0.258 e. The van der Waals surface area contributed by atoms with Crippen molar-refractivity contribution >= 4 is 23.6 Å². The van der Waals surface area contributed by atoms with Gasteiger partial charge in [-0.2, -0.15) is 4.98 Å². The maximum atomic E-state index is 12.9. The number of H-pyrrole nitrogens is 1. The average Bonchev–Trinajstić information content (AvgIpc) is 2.73. The monoisotopic (exact) mass is 409 g/mol. The Hall–Kier alpha value is -3.16. The number of amides is 2. The van der Waals surface area contributed by atoms with Gasteiger partial charge in [-0.05, 0) is 38.2 Å². The first-order valence-electron chi connectivity index (χ1n) is 10.6. The van der Waals surface area contributed by atoms with Crippen LogP contribution in [0.2, 0.25) is 0 Å². The van der Waals surface area contributed by atoms with Crippen LogP contribution in [0.15, 0.2) is 35.1 Å². The van der Waals surface area contributed by atoms with E-state index in [1.807, 2.05) is 30.3 Å². The first-order chi connectivity index (χ1) is 14.5. The molecule has 2 aliphatic heterocycles. The standard InChI is InChI=1S/C22H27N5O3/c1-14-7-5-6-12-27(14)22-25-19-18(21(30)26-22)16(13-17(28)24-19)20(29)23-11-10-15-8-3-2-4-9-15/h2-4,8-9,14,16H,5-7,10-13H2,1H3,(H,23,29)(H2,24,25,26,28,30)/t14-,16+/m0/s1. The molecule has 8 nitrogen and oxygen atoms in total. The van der Waals surface area contributed by atoms with Gasteiger partial charge in [-0.25, -0.2) is 0 Å². The summed E-state index contributed by atoms with van der Waals surface area (Å²) in [4.78, 5) is 47.4. The Labute approximate surface area is 175 Å². The Kier molecular flexibility index (Phi) is 5.83. The molecule has 2 amide bonds. The number of aromatic nitrogens is 2. The summed E-state index contributed by atoms with van der Waals surface area (Å²) in [7, 11) is 0. The minimum atomic E-state index is -0.839. The van der Waals surface area contributed by atoms with Crippen LogP contribution in [0, 0.1) is 0 Å². The van der Waals surface area contributed by atoms with Gasteiger partial charge in [0, 0.05) is 25.6 Å². The largest absolute Gasteiger partial charge is 0.355 e. The predicted molar refractivity (Wildman–Crippen MR) is 115 cm³/mol. The maximum absolute atomic E-state index is 12.9. The Morgan fingerprint density at radius 2 is 2.03 bits per heavy atom. The van der Waals surface area contributed by atoms with Crippen LogP contribution in [-0.2, 0) is 16.0 Å². The lowest BCUT2D eigenvalue weighted by molar-refractivity contribution is -0.126. The molecule has 8 heteroatoms. The van der Waals surface area contributed by atoms with Crippen LogP contribution in [0.1, 0.15) is 49.7 Å². The van der Waals surface area contributed by atoms with Gasteiger partial charge in [0.1, 0.15) is 5.82 Å². The molecule has 0 radical (unpaired) electrons. The number of piperidine rings is 1. The Balaban J connectivity index is 1.53. The third-order valence-corrected chi connectivity index (χ3v) is 5.89. The predicted octanol–water partition coefficient (Wildman–Crippen LogP) is 1.93. The van der Waals surface area contributed by atoms with Crippen molar-refractivity contribution < 1.29 is 9.59 Å². The Morgan fingerprint density at radius 1 is 1.23 bits per heavy atom. The van der Waals surface area contributed by atoms with E-state index in [1.165, 1.54) is 0 Å². The fourth-order valence-electron chi connectivity index (χ4n) is 4.23. The number of nitrogens with zero attached hydrogens (tertiary/aromatic N) is 2. The van der Waals surface area contributed by atoms with Crippen molar-refractivity contribution in [1.29, 1.82) is 0 Å². The zero-order valence-electron chi connectivity index (χ0n) is 17.1. The summed E-state index contributed by atoms with van der Waals surface area (Å²) in [5.41, 5.74) is 0.982. The summed E-state index contributed by atoms with van der Waals surface area (Å²) in [6, 6.07) is 10.1. The van der Waals surface area contributed by atoms with Crippen molar-refractivity contribution in [2.24, 2.45) is 0 Å². The molecule has 158 valence electrons. The van der Waals surface area contributed by atoms with Crippen LogP contribution in [-0.4, -0.2) is 40.9 Å². The number of carbonyl (C=O) groups excluding carboxylic acids is 2. The summed E-state index contributed by atoms with van der Waals surface area (Å²) in [5, 5.41) is 5.55. The molecule has 0 spiro atoms. The van der Waals surface area contributed by atoms with E-state index < -0.39 is 5.92 Å². The number of nitrogens with one attached hydrogen (secondary N) is 3. The molecule has 2 aromatic rings. The number of benzene rings is 1. The molecule has 0 bridgehead atoms. The van der Waals surface area contributed by atoms with Crippen LogP contribution < -0.4 is 21.1 Å². The van der Waals surface area contributed by atoms with Crippen LogP contribution in [0.25, 0.3) is 0 Å². The van der Waals surface area contributed by atoms with Gasteiger partial charge in [0.15, 0.2) is 0 Å². The zero-order chi connectivity index (χ0) is 21.1. The molecule has 1 aromatic carbocycles. The fourth-order valence-corrected chi connectivity index (χ4v) is 4.23. The van der Waals surface area contributed by atoms with E-state index in [4.69, 9.17) is 0 Å². The second-order valence-corrected chi connectivity index (χ2v) is 8.02. The summed E-state index contributed by atoms with van der Waals surface area (Å²) in [5.74, 6) is -0.814. The van der Waals surface area contributed by atoms with Gasteiger partial charge in [-0.15, -0.1) is 0 Å². The molecule has 1 fully saturated rings. The summed E-state index contributed by atoms with van der Waals surface area (Å²) in [6.45, 7) is 3.34. The summed E-state index contributed by atoms with van der Waals surface area (Å²) in [6.07, 6.45) is 3.82. The topological polar surface area (TPSA) is 107 Å². The van der Waals surface area contributed by atoms with Gasteiger partial charge >= 0.3 is 0 Å². The van der Waals surface area contributed by atoms with E-state index in [0.29, 0.717) is 18.9 Å². The molecule has 3 N–H and O–H groups in total. The van der Waals surface area contributed by atoms with Gasteiger partial charge in [0.2, 0.25) is 17.8 Å². The van der Waals surface area contributed by atoms with Gasteiger partial charge in [0.05, 0.1) is 11.5 Å². The number of aromatic amines is 1. The van der Waals surface area contributed by atoms with Gasteiger partial charge in [0.25, 0.3) is 5.56 Å². The Bertz CT molecular complexity index is 988. The normalized spacial score (nSPS) is 21.0.